The molecule has 0 amide bonds. The van der Waals surface area contributed by atoms with Crippen LogP contribution in [0, 0.1) is 6.92 Å². The molecule has 0 saturated heterocycles. The van der Waals surface area contributed by atoms with Crippen molar-refractivity contribution in [3.8, 4) is 0 Å². The molecule has 2 unspecified atom stereocenters. The van der Waals surface area contributed by atoms with Gasteiger partial charge in [-0.3, -0.25) is 0 Å². The number of nitrogens with zero attached hydrogens (tertiary/aromatic N) is 2. The third-order valence-electron chi connectivity index (χ3n) is 2.36. The number of aryl methyl sites for hydroxylation is 1. The predicted molar refractivity (Wildman–Crippen MR) is 49.4 cm³/mol. The molecule has 1 aliphatic heterocycles. The summed E-state index contributed by atoms with van der Waals surface area (Å²) in [6.45, 7) is 6.46. The van der Waals surface area contributed by atoms with Gasteiger partial charge in [0.1, 0.15) is 5.82 Å². The van der Waals surface area contributed by atoms with Crippen molar-refractivity contribution in [1.82, 2.24) is 9.78 Å². The van der Waals surface area contributed by atoms with Crippen LogP contribution in [0.25, 0.3) is 0 Å². The second kappa shape index (κ2) is 2.51. The predicted octanol–water partition coefficient (Wildman–Crippen LogP) is 1.96. The summed E-state index contributed by atoms with van der Waals surface area (Å²) in [6, 6.07) is 3.21. The zero-order valence-electron chi connectivity index (χ0n) is 7.83. The first-order valence-electron chi connectivity index (χ1n) is 4.49. The molecular formula is C9H15N3. The molecule has 0 fully saturated rings. The molecule has 1 aliphatic rings. The fourth-order valence-corrected chi connectivity index (χ4v) is 1.88. The quantitative estimate of drug-likeness (QED) is 0.637. The molecule has 0 saturated carbocycles. The molecule has 3 heteroatoms. The average molecular weight is 165 g/mol. The van der Waals surface area contributed by atoms with Gasteiger partial charge in [-0.15, -0.1) is 0 Å². The van der Waals surface area contributed by atoms with Gasteiger partial charge in [0.25, 0.3) is 0 Å². The summed E-state index contributed by atoms with van der Waals surface area (Å²) in [4.78, 5) is 0. The number of nitrogens with one attached hydrogen (secondary N) is 1. The van der Waals surface area contributed by atoms with E-state index in [1.807, 2.05) is 6.92 Å². The van der Waals surface area contributed by atoms with Crippen LogP contribution in [0.4, 0.5) is 5.82 Å². The van der Waals surface area contributed by atoms with Crippen LogP contribution in [0.1, 0.15) is 32.0 Å². The maximum Gasteiger partial charge on any atom is 0.125 e. The smallest absolute Gasteiger partial charge is 0.125 e. The van der Waals surface area contributed by atoms with Crippen molar-refractivity contribution in [2.75, 3.05) is 5.32 Å². The van der Waals surface area contributed by atoms with Crippen LogP contribution >= 0.6 is 0 Å². The summed E-state index contributed by atoms with van der Waals surface area (Å²) >= 11 is 0. The van der Waals surface area contributed by atoms with Crippen LogP contribution in [-0.4, -0.2) is 15.8 Å². The van der Waals surface area contributed by atoms with Crippen molar-refractivity contribution in [2.24, 2.45) is 0 Å². The number of hydrogen-bond acceptors (Lipinski definition) is 2. The Morgan fingerprint density at radius 1 is 1.58 bits per heavy atom. The van der Waals surface area contributed by atoms with Crippen LogP contribution in [0.2, 0.25) is 0 Å². The van der Waals surface area contributed by atoms with Crippen molar-refractivity contribution in [1.29, 1.82) is 0 Å². The lowest BCUT2D eigenvalue weighted by molar-refractivity contribution is 0.412. The molecule has 0 bridgehead atoms. The van der Waals surface area contributed by atoms with Gasteiger partial charge >= 0.3 is 0 Å². The lowest BCUT2D eigenvalue weighted by atomic mass is 10.1. The summed E-state index contributed by atoms with van der Waals surface area (Å²) in [5, 5.41) is 7.83. The van der Waals surface area contributed by atoms with Gasteiger partial charge in [0.15, 0.2) is 0 Å². The minimum absolute atomic E-state index is 0.532. The minimum atomic E-state index is 0.532. The number of rotatable bonds is 0. The monoisotopic (exact) mass is 165 g/mol. The normalized spacial score (nSPS) is 27.9. The highest BCUT2D eigenvalue weighted by Crippen LogP contribution is 2.26. The summed E-state index contributed by atoms with van der Waals surface area (Å²) < 4.78 is 2.08. The Kier molecular flexibility index (Phi) is 1.60. The summed E-state index contributed by atoms with van der Waals surface area (Å²) in [5.74, 6) is 1.17. The molecular weight excluding hydrogens is 150 g/mol. The SMILES string of the molecule is Cc1cc2n(n1)C(C)CC(C)N2. The molecule has 0 radical (unpaired) electrons. The van der Waals surface area contributed by atoms with Gasteiger partial charge in [-0.25, -0.2) is 4.68 Å². The molecule has 66 valence electrons. The van der Waals surface area contributed by atoms with Gasteiger partial charge in [-0.2, -0.15) is 5.10 Å². The Bertz CT molecular complexity index is 290. The molecule has 0 aliphatic carbocycles. The minimum Gasteiger partial charge on any atom is -0.368 e. The summed E-state index contributed by atoms with van der Waals surface area (Å²) in [5.41, 5.74) is 1.10. The van der Waals surface area contributed by atoms with E-state index in [1.54, 1.807) is 0 Å². The highest BCUT2D eigenvalue weighted by atomic mass is 15.4. The molecule has 1 N–H and O–H groups in total. The van der Waals surface area contributed by atoms with E-state index in [1.165, 1.54) is 5.82 Å². The van der Waals surface area contributed by atoms with Crippen molar-refractivity contribution in [2.45, 2.75) is 39.3 Å². The van der Waals surface area contributed by atoms with E-state index >= 15 is 0 Å². The van der Waals surface area contributed by atoms with E-state index < -0.39 is 0 Å². The van der Waals surface area contributed by atoms with Crippen LogP contribution in [0.5, 0.6) is 0 Å². The van der Waals surface area contributed by atoms with Gasteiger partial charge in [0.05, 0.1) is 11.7 Å². The number of aromatic nitrogens is 2. The van der Waals surface area contributed by atoms with Gasteiger partial charge in [0, 0.05) is 12.1 Å². The average Bonchev–Trinajstić information content (AvgIpc) is 2.29. The number of anilines is 1. The zero-order valence-corrected chi connectivity index (χ0v) is 7.83. The second-order valence-corrected chi connectivity index (χ2v) is 3.75. The van der Waals surface area contributed by atoms with E-state index in [4.69, 9.17) is 0 Å². The highest BCUT2D eigenvalue weighted by molar-refractivity contribution is 5.39. The molecule has 2 rings (SSSR count). The summed E-state index contributed by atoms with van der Waals surface area (Å²) in [6.07, 6.45) is 1.16. The third-order valence-corrected chi connectivity index (χ3v) is 2.36. The second-order valence-electron chi connectivity index (χ2n) is 3.75. The zero-order chi connectivity index (χ0) is 8.72. The van der Waals surface area contributed by atoms with Gasteiger partial charge in [0.2, 0.25) is 0 Å². The van der Waals surface area contributed by atoms with Crippen molar-refractivity contribution in [3.05, 3.63) is 11.8 Å². The Labute approximate surface area is 72.8 Å². The lowest BCUT2D eigenvalue weighted by Gasteiger charge is -2.27. The third kappa shape index (κ3) is 1.09. The fourth-order valence-electron chi connectivity index (χ4n) is 1.88. The largest absolute Gasteiger partial charge is 0.368 e. The highest BCUT2D eigenvalue weighted by Gasteiger charge is 2.20. The van der Waals surface area contributed by atoms with Crippen LogP contribution < -0.4 is 5.32 Å². The Morgan fingerprint density at radius 2 is 2.33 bits per heavy atom. The molecule has 12 heavy (non-hydrogen) atoms. The van der Waals surface area contributed by atoms with Gasteiger partial charge < -0.3 is 5.32 Å². The molecule has 1 aromatic heterocycles. The Balaban J connectivity index is 2.40. The van der Waals surface area contributed by atoms with Crippen LogP contribution in [0.15, 0.2) is 6.07 Å². The first-order chi connectivity index (χ1) is 5.66. The molecule has 2 atom stereocenters. The van der Waals surface area contributed by atoms with Crippen molar-refractivity contribution >= 4 is 5.82 Å². The van der Waals surface area contributed by atoms with E-state index in [-0.39, 0.29) is 0 Å². The Morgan fingerprint density at radius 3 is 3.08 bits per heavy atom. The maximum atomic E-state index is 4.42. The van der Waals surface area contributed by atoms with Crippen molar-refractivity contribution in [3.63, 3.8) is 0 Å². The number of fused-ring (bicyclic) bond motifs is 1. The fraction of sp³-hybridized carbons (Fsp3) is 0.667. The van der Waals surface area contributed by atoms with Crippen LogP contribution in [0.3, 0.4) is 0 Å². The van der Waals surface area contributed by atoms with E-state index in [2.05, 4.69) is 35.0 Å². The van der Waals surface area contributed by atoms with E-state index in [0.29, 0.717) is 12.1 Å². The summed E-state index contributed by atoms with van der Waals surface area (Å²) in [7, 11) is 0. The van der Waals surface area contributed by atoms with E-state index in [0.717, 1.165) is 12.1 Å². The van der Waals surface area contributed by atoms with Gasteiger partial charge in [-0.1, -0.05) is 0 Å². The van der Waals surface area contributed by atoms with Crippen LogP contribution in [-0.2, 0) is 0 Å². The Hall–Kier alpha value is -0.990. The topological polar surface area (TPSA) is 29.9 Å². The molecule has 1 aromatic rings. The van der Waals surface area contributed by atoms with Crippen molar-refractivity contribution < 1.29 is 0 Å². The molecule has 3 nitrogen and oxygen atoms in total. The first kappa shape index (κ1) is 7.65. The lowest BCUT2D eigenvalue weighted by Crippen LogP contribution is -2.28. The first-order valence-corrected chi connectivity index (χ1v) is 4.49. The van der Waals surface area contributed by atoms with Gasteiger partial charge in [-0.05, 0) is 27.2 Å². The molecule has 0 aromatic carbocycles. The maximum absolute atomic E-state index is 4.42. The molecule has 2 heterocycles. The van der Waals surface area contributed by atoms with E-state index in [9.17, 15) is 0 Å². The molecule has 0 spiro atoms. The number of hydrogen-bond donors (Lipinski definition) is 1. The standard InChI is InChI=1S/C9H15N3/c1-6-4-8(3)12-9(10-6)5-7(2)11-12/h5-6,8,10H,4H2,1-3H3.